The van der Waals surface area contributed by atoms with Crippen LogP contribution in [0.25, 0.3) is 0 Å². The second kappa shape index (κ2) is 5.26. The van der Waals surface area contributed by atoms with Gasteiger partial charge in [0.1, 0.15) is 0 Å². The molecule has 1 aromatic carbocycles. The highest BCUT2D eigenvalue weighted by Crippen LogP contribution is 2.38. The fourth-order valence-corrected chi connectivity index (χ4v) is 1.22. The summed E-state index contributed by atoms with van der Waals surface area (Å²) in [7, 11) is 3.04. The van der Waals surface area contributed by atoms with Gasteiger partial charge in [-0.2, -0.15) is 0 Å². The molecule has 0 aliphatic heterocycles. The number of hydrogen-bond acceptors (Lipinski definition) is 4. The smallest absolute Gasteiger partial charge is 0.210 e. The summed E-state index contributed by atoms with van der Waals surface area (Å²) in [5.41, 5.74) is 0.695. The topological polar surface area (TPSA) is 47.9 Å². The third kappa shape index (κ3) is 2.41. The van der Waals surface area contributed by atoms with Gasteiger partial charge >= 0.3 is 0 Å². The molecule has 0 aliphatic carbocycles. The molecule has 0 unspecified atom stereocenters. The van der Waals surface area contributed by atoms with Gasteiger partial charge in [-0.1, -0.05) is 6.58 Å². The predicted octanol–water partition coefficient (Wildman–Crippen LogP) is 1.72. The molecule has 4 nitrogen and oxygen atoms in total. The maximum Gasteiger partial charge on any atom is 0.210 e. The van der Waals surface area contributed by atoms with Crippen LogP contribution in [-0.2, 0) is 6.61 Å². The van der Waals surface area contributed by atoms with E-state index in [1.807, 2.05) is 0 Å². The van der Waals surface area contributed by atoms with E-state index in [0.29, 0.717) is 22.8 Å². The lowest BCUT2D eigenvalue weighted by Gasteiger charge is -2.13. The van der Waals surface area contributed by atoms with Crippen LogP contribution in [0.15, 0.2) is 25.0 Å². The Kier molecular flexibility index (Phi) is 4.00. The van der Waals surface area contributed by atoms with Crippen LogP contribution in [0.4, 0.5) is 0 Å². The maximum absolute atomic E-state index is 9.03. The second-order valence-corrected chi connectivity index (χ2v) is 2.77. The molecule has 4 heteroatoms. The van der Waals surface area contributed by atoms with Crippen LogP contribution in [0.2, 0.25) is 0 Å². The molecule has 0 saturated heterocycles. The number of aliphatic hydroxyl groups excluding tert-OH is 1. The molecule has 0 saturated carbocycles. The minimum atomic E-state index is -0.0823. The number of benzene rings is 1. The number of rotatable bonds is 5. The molecule has 0 fully saturated rings. The average molecular weight is 210 g/mol. The van der Waals surface area contributed by atoms with E-state index in [-0.39, 0.29) is 6.61 Å². The molecule has 15 heavy (non-hydrogen) atoms. The zero-order valence-corrected chi connectivity index (χ0v) is 8.82. The summed E-state index contributed by atoms with van der Waals surface area (Å²) in [4.78, 5) is 0. The van der Waals surface area contributed by atoms with Crippen LogP contribution in [0, 0.1) is 0 Å². The van der Waals surface area contributed by atoms with Crippen LogP contribution in [0.5, 0.6) is 17.2 Å². The highest BCUT2D eigenvalue weighted by Gasteiger charge is 2.12. The Labute approximate surface area is 88.7 Å². The predicted molar refractivity (Wildman–Crippen MR) is 56.3 cm³/mol. The van der Waals surface area contributed by atoms with Crippen molar-refractivity contribution < 1.29 is 19.3 Å². The Morgan fingerprint density at radius 1 is 1.27 bits per heavy atom. The van der Waals surface area contributed by atoms with Crippen molar-refractivity contribution in [2.24, 2.45) is 0 Å². The second-order valence-electron chi connectivity index (χ2n) is 2.77. The average Bonchev–Trinajstić information content (AvgIpc) is 2.29. The van der Waals surface area contributed by atoms with Gasteiger partial charge in [-0.25, -0.2) is 0 Å². The molecular formula is C11H14O4. The molecule has 1 rings (SSSR count). The van der Waals surface area contributed by atoms with Crippen molar-refractivity contribution in [3.05, 3.63) is 30.5 Å². The molecule has 0 aliphatic rings. The fraction of sp³-hybridized carbons (Fsp3) is 0.273. The lowest BCUT2D eigenvalue weighted by atomic mass is 10.2. The van der Waals surface area contributed by atoms with E-state index >= 15 is 0 Å². The Morgan fingerprint density at radius 3 is 2.13 bits per heavy atom. The molecule has 0 heterocycles. The Balaban J connectivity index is 3.25. The molecule has 82 valence electrons. The van der Waals surface area contributed by atoms with E-state index in [4.69, 9.17) is 19.3 Å². The highest BCUT2D eigenvalue weighted by molar-refractivity contribution is 5.54. The van der Waals surface area contributed by atoms with Gasteiger partial charge in [0.25, 0.3) is 0 Å². The first-order chi connectivity index (χ1) is 7.26. The summed E-state index contributed by atoms with van der Waals surface area (Å²) < 4.78 is 15.4. The van der Waals surface area contributed by atoms with Gasteiger partial charge in [-0.05, 0) is 17.7 Å². The third-order valence-electron chi connectivity index (χ3n) is 1.90. The molecule has 0 atom stereocenters. The third-order valence-corrected chi connectivity index (χ3v) is 1.90. The van der Waals surface area contributed by atoms with Gasteiger partial charge in [0.2, 0.25) is 5.75 Å². The van der Waals surface area contributed by atoms with Crippen molar-refractivity contribution in [3.63, 3.8) is 0 Å². The number of ether oxygens (including phenoxy) is 3. The molecule has 1 aromatic rings. The van der Waals surface area contributed by atoms with Gasteiger partial charge in [0, 0.05) is 0 Å². The van der Waals surface area contributed by atoms with Crippen molar-refractivity contribution in [2.45, 2.75) is 6.61 Å². The molecule has 0 aromatic heterocycles. The Bertz CT molecular complexity index is 321. The number of methoxy groups -OCH3 is 2. The van der Waals surface area contributed by atoms with E-state index in [1.54, 1.807) is 12.1 Å². The first-order valence-corrected chi connectivity index (χ1v) is 4.40. The first kappa shape index (κ1) is 11.4. The molecule has 0 amide bonds. The van der Waals surface area contributed by atoms with Crippen LogP contribution in [-0.4, -0.2) is 19.3 Å². The van der Waals surface area contributed by atoms with E-state index < -0.39 is 0 Å². The zero-order chi connectivity index (χ0) is 11.3. The quantitative estimate of drug-likeness (QED) is 0.752. The van der Waals surface area contributed by atoms with Gasteiger partial charge < -0.3 is 19.3 Å². The van der Waals surface area contributed by atoms with Gasteiger partial charge in [-0.3, -0.25) is 0 Å². The number of aliphatic hydroxyl groups is 1. The molecule has 0 spiro atoms. The summed E-state index contributed by atoms with van der Waals surface area (Å²) in [5.74, 6) is 1.45. The lowest BCUT2D eigenvalue weighted by Crippen LogP contribution is -1.96. The van der Waals surface area contributed by atoms with E-state index in [1.165, 1.54) is 20.5 Å². The minimum absolute atomic E-state index is 0.0823. The monoisotopic (exact) mass is 210 g/mol. The van der Waals surface area contributed by atoms with Crippen LogP contribution >= 0.6 is 0 Å². The Hall–Kier alpha value is -1.68. The summed E-state index contributed by atoms with van der Waals surface area (Å²) >= 11 is 0. The van der Waals surface area contributed by atoms with E-state index in [2.05, 4.69) is 6.58 Å². The minimum Gasteiger partial charge on any atom is -0.493 e. The normalized spacial score (nSPS) is 9.53. The van der Waals surface area contributed by atoms with Crippen molar-refractivity contribution in [3.8, 4) is 17.2 Å². The molecule has 0 bridgehead atoms. The van der Waals surface area contributed by atoms with Crippen LogP contribution in [0.3, 0.4) is 0 Å². The van der Waals surface area contributed by atoms with E-state index in [9.17, 15) is 0 Å². The first-order valence-electron chi connectivity index (χ1n) is 4.40. The van der Waals surface area contributed by atoms with Crippen LogP contribution < -0.4 is 14.2 Å². The molecule has 1 N–H and O–H groups in total. The van der Waals surface area contributed by atoms with Crippen molar-refractivity contribution in [2.75, 3.05) is 14.2 Å². The van der Waals surface area contributed by atoms with Gasteiger partial charge in [0.15, 0.2) is 11.5 Å². The zero-order valence-electron chi connectivity index (χ0n) is 8.82. The highest BCUT2D eigenvalue weighted by atomic mass is 16.5. The summed E-state index contributed by atoms with van der Waals surface area (Å²) in [6.45, 7) is 3.38. The lowest BCUT2D eigenvalue weighted by molar-refractivity contribution is 0.278. The standard InChI is InChI=1S/C11H14O4/c1-4-15-11-9(13-2)5-8(7-12)6-10(11)14-3/h4-6,12H,1,7H2,2-3H3. The molecular weight excluding hydrogens is 196 g/mol. The summed E-state index contributed by atoms with van der Waals surface area (Å²) in [6.07, 6.45) is 1.29. The van der Waals surface area contributed by atoms with Crippen LogP contribution in [0.1, 0.15) is 5.56 Å². The SMILES string of the molecule is C=COc1c(OC)cc(CO)cc1OC. The van der Waals surface area contributed by atoms with Crippen molar-refractivity contribution >= 4 is 0 Å². The largest absolute Gasteiger partial charge is 0.493 e. The van der Waals surface area contributed by atoms with Crippen molar-refractivity contribution in [1.29, 1.82) is 0 Å². The van der Waals surface area contributed by atoms with E-state index in [0.717, 1.165) is 0 Å². The Morgan fingerprint density at radius 2 is 1.80 bits per heavy atom. The molecule has 0 radical (unpaired) electrons. The summed E-state index contributed by atoms with van der Waals surface area (Å²) in [5, 5.41) is 9.03. The van der Waals surface area contributed by atoms with Crippen molar-refractivity contribution in [1.82, 2.24) is 0 Å². The van der Waals surface area contributed by atoms with Gasteiger partial charge in [-0.15, -0.1) is 0 Å². The summed E-state index contributed by atoms with van der Waals surface area (Å²) in [6, 6.07) is 3.36. The van der Waals surface area contributed by atoms with Gasteiger partial charge in [0.05, 0.1) is 27.1 Å². The number of hydrogen-bond donors (Lipinski definition) is 1. The maximum atomic E-state index is 9.03. The fourth-order valence-electron chi connectivity index (χ4n) is 1.22.